The molecule has 1 aromatic carbocycles. The van der Waals surface area contributed by atoms with E-state index in [0.29, 0.717) is 23.7 Å². The Labute approximate surface area is 89.6 Å². The lowest BCUT2D eigenvalue weighted by atomic mass is 10.1. The van der Waals surface area contributed by atoms with E-state index in [0.717, 1.165) is 0 Å². The number of hydrogen-bond donors (Lipinski definition) is 2. The standard InChI is InChI=1S/C11H17NO3/c1-3-15-11-8(9(13)7-12)5-4-6-10(11)14-2/h4-6,9,13H,3,7,12H2,1-2H3. The van der Waals surface area contributed by atoms with Crippen LogP contribution in [0.25, 0.3) is 0 Å². The molecule has 0 aliphatic heterocycles. The molecule has 0 aliphatic carbocycles. The van der Waals surface area contributed by atoms with Crippen molar-refractivity contribution < 1.29 is 14.6 Å². The molecule has 4 nitrogen and oxygen atoms in total. The highest BCUT2D eigenvalue weighted by Crippen LogP contribution is 2.34. The van der Waals surface area contributed by atoms with Crippen molar-refractivity contribution in [3.63, 3.8) is 0 Å². The molecular formula is C11H17NO3. The van der Waals surface area contributed by atoms with Crippen molar-refractivity contribution in [3.05, 3.63) is 23.8 Å². The van der Waals surface area contributed by atoms with Crippen LogP contribution in [-0.4, -0.2) is 25.4 Å². The van der Waals surface area contributed by atoms with Crippen LogP contribution in [0, 0.1) is 0 Å². The molecule has 0 amide bonds. The first kappa shape index (κ1) is 11.8. The maximum Gasteiger partial charge on any atom is 0.166 e. The molecule has 0 aromatic heterocycles. The molecular weight excluding hydrogens is 194 g/mol. The van der Waals surface area contributed by atoms with Gasteiger partial charge in [-0.25, -0.2) is 0 Å². The van der Waals surface area contributed by atoms with E-state index in [2.05, 4.69) is 0 Å². The van der Waals surface area contributed by atoms with Crippen LogP contribution in [0.5, 0.6) is 11.5 Å². The highest BCUT2D eigenvalue weighted by Gasteiger charge is 2.15. The minimum atomic E-state index is -0.721. The number of rotatable bonds is 5. The molecule has 0 saturated heterocycles. The Morgan fingerprint density at radius 2 is 2.20 bits per heavy atom. The van der Waals surface area contributed by atoms with Gasteiger partial charge in [-0.15, -0.1) is 0 Å². The summed E-state index contributed by atoms with van der Waals surface area (Å²) in [6.07, 6.45) is -0.721. The number of methoxy groups -OCH3 is 1. The maximum atomic E-state index is 9.70. The van der Waals surface area contributed by atoms with Gasteiger partial charge in [0.25, 0.3) is 0 Å². The highest BCUT2D eigenvalue weighted by atomic mass is 16.5. The molecule has 0 radical (unpaired) electrons. The van der Waals surface area contributed by atoms with Gasteiger partial charge < -0.3 is 20.3 Å². The molecule has 0 spiro atoms. The predicted molar refractivity (Wildman–Crippen MR) is 58.2 cm³/mol. The van der Waals surface area contributed by atoms with Crippen molar-refractivity contribution in [1.82, 2.24) is 0 Å². The SMILES string of the molecule is CCOc1c(OC)cccc1C(O)CN. The Morgan fingerprint density at radius 3 is 2.73 bits per heavy atom. The van der Waals surface area contributed by atoms with Gasteiger partial charge in [0.2, 0.25) is 0 Å². The molecule has 0 heterocycles. The number of aliphatic hydroxyl groups is 1. The minimum absolute atomic E-state index is 0.160. The first-order valence-corrected chi connectivity index (χ1v) is 4.92. The number of para-hydroxylation sites is 1. The van der Waals surface area contributed by atoms with Crippen LogP contribution in [0.15, 0.2) is 18.2 Å². The first-order chi connectivity index (χ1) is 7.24. The van der Waals surface area contributed by atoms with Gasteiger partial charge in [0.1, 0.15) is 0 Å². The molecule has 4 heteroatoms. The quantitative estimate of drug-likeness (QED) is 0.765. The summed E-state index contributed by atoms with van der Waals surface area (Å²) in [5.41, 5.74) is 6.08. The third-order valence-electron chi connectivity index (χ3n) is 2.10. The molecule has 0 saturated carbocycles. The Kier molecular flexibility index (Phi) is 4.39. The Hall–Kier alpha value is -1.26. The zero-order chi connectivity index (χ0) is 11.3. The van der Waals surface area contributed by atoms with Gasteiger partial charge in [0.05, 0.1) is 19.8 Å². The van der Waals surface area contributed by atoms with Crippen LogP contribution in [0.1, 0.15) is 18.6 Å². The van der Waals surface area contributed by atoms with Crippen LogP contribution in [0.2, 0.25) is 0 Å². The van der Waals surface area contributed by atoms with Gasteiger partial charge in [-0.3, -0.25) is 0 Å². The highest BCUT2D eigenvalue weighted by molar-refractivity contribution is 5.47. The Balaban J connectivity index is 3.12. The predicted octanol–water partition coefficient (Wildman–Crippen LogP) is 1.09. The molecule has 1 unspecified atom stereocenters. The van der Waals surface area contributed by atoms with E-state index in [-0.39, 0.29) is 6.54 Å². The van der Waals surface area contributed by atoms with Gasteiger partial charge in [-0.1, -0.05) is 12.1 Å². The summed E-state index contributed by atoms with van der Waals surface area (Å²) >= 11 is 0. The van der Waals surface area contributed by atoms with E-state index in [1.54, 1.807) is 25.3 Å². The fourth-order valence-electron chi connectivity index (χ4n) is 1.38. The Morgan fingerprint density at radius 1 is 1.47 bits per heavy atom. The molecule has 84 valence electrons. The van der Waals surface area contributed by atoms with Crippen LogP contribution in [0.4, 0.5) is 0 Å². The number of nitrogens with two attached hydrogens (primary N) is 1. The fourth-order valence-corrected chi connectivity index (χ4v) is 1.38. The summed E-state index contributed by atoms with van der Waals surface area (Å²) in [4.78, 5) is 0. The average Bonchev–Trinajstić information content (AvgIpc) is 2.28. The summed E-state index contributed by atoms with van der Waals surface area (Å²) < 4.78 is 10.6. The zero-order valence-corrected chi connectivity index (χ0v) is 9.06. The summed E-state index contributed by atoms with van der Waals surface area (Å²) in [7, 11) is 1.57. The summed E-state index contributed by atoms with van der Waals surface area (Å²) in [5.74, 6) is 1.18. The first-order valence-electron chi connectivity index (χ1n) is 4.92. The van der Waals surface area contributed by atoms with Crippen molar-refractivity contribution in [2.75, 3.05) is 20.3 Å². The lowest BCUT2D eigenvalue weighted by Gasteiger charge is -2.16. The van der Waals surface area contributed by atoms with E-state index in [1.807, 2.05) is 6.92 Å². The van der Waals surface area contributed by atoms with E-state index < -0.39 is 6.10 Å². The summed E-state index contributed by atoms with van der Waals surface area (Å²) in [6.45, 7) is 2.56. The smallest absolute Gasteiger partial charge is 0.166 e. The fraction of sp³-hybridized carbons (Fsp3) is 0.455. The molecule has 1 rings (SSSR count). The van der Waals surface area contributed by atoms with Gasteiger partial charge in [-0.05, 0) is 13.0 Å². The second-order valence-corrected chi connectivity index (χ2v) is 3.06. The van der Waals surface area contributed by atoms with Gasteiger partial charge >= 0.3 is 0 Å². The molecule has 0 bridgehead atoms. The van der Waals surface area contributed by atoms with E-state index in [9.17, 15) is 5.11 Å². The third kappa shape index (κ3) is 2.61. The van der Waals surface area contributed by atoms with Crippen LogP contribution in [-0.2, 0) is 0 Å². The number of benzene rings is 1. The minimum Gasteiger partial charge on any atom is -0.493 e. The van der Waals surface area contributed by atoms with Crippen LogP contribution < -0.4 is 15.2 Å². The van der Waals surface area contributed by atoms with E-state index in [1.165, 1.54) is 0 Å². The van der Waals surface area contributed by atoms with Crippen molar-refractivity contribution >= 4 is 0 Å². The molecule has 0 fully saturated rings. The maximum absolute atomic E-state index is 9.70. The van der Waals surface area contributed by atoms with Gasteiger partial charge in [0.15, 0.2) is 11.5 Å². The van der Waals surface area contributed by atoms with Gasteiger partial charge in [0, 0.05) is 12.1 Å². The molecule has 0 aliphatic rings. The lowest BCUT2D eigenvalue weighted by molar-refractivity contribution is 0.178. The Bertz CT molecular complexity index is 315. The number of hydrogen-bond acceptors (Lipinski definition) is 4. The molecule has 15 heavy (non-hydrogen) atoms. The second kappa shape index (κ2) is 5.58. The van der Waals surface area contributed by atoms with Crippen molar-refractivity contribution in [1.29, 1.82) is 0 Å². The largest absolute Gasteiger partial charge is 0.493 e. The average molecular weight is 211 g/mol. The topological polar surface area (TPSA) is 64.7 Å². The van der Waals surface area contributed by atoms with Crippen molar-refractivity contribution in [2.24, 2.45) is 5.73 Å². The molecule has 3 N–H and O–H groups in total. The van der Waals surface area contributed by atoms with Crippen LogP contribution in [0.3, 0.4) is 0 Å². The van der Waals surface area contributed by atoms with Crippen molar-refractivity contribution in [2.45, 2.75) is 13.0 Å². The number of aliphatic hydroxyl groups excluding tert-OH is 1. The summed E-state index contributed by atoms with van der Waals surface area (Å²) in [6, 6.07) is 5.37. The molecule has 1 aromatic rings. The zero-order valence-electron chi connectivity index (χ0n) is 9.06. The lowest BCUT2D eigenvalue weighted by Crippen LogP contribution is -2.13. The van der Waals surface area contributed by atoms with Gasteiger partial charge in [-0.2, -0.15) is 0 Å². The molecule has 1 atom stereocenters. The normalized spacial score (nSPS) is 12.3. The van der Waals surface area contributed by atoms with Crippen LogP contribution >= 0.6 is 0 Å². The van der Waals surface area contributed by atoms with E-state index >= 15 is 0 Å². The summed E-state index contributed by atoms with van der Waals surface area (Å²) in [5, 5.41) is 9.70. The monoisotopic (exact) mass is 211 g/mol. The van der Waals surface area contributed by atoms with Crippen molar-refractivity contribution in [3.8, 4) is 11.5 Å². The van der Waals surface area contributed by atoms with E-state index in [4.69, 9.17) is 15.2 Å². The third-order valence-corrected chi connectivity index (χ3v) is 2.10. The number of ether oxygens (including phenoxy) is 2. The second-order valence-electron chi connectivity index (χ2n) is 3.06.